The lowest BCUT2D eigenvalue weighted by molar-refractivity contribution is 0.570. The molecular weight excluding hydrogens is 248 g/mol. The van der Waals surface area contributed by atoms with E-state index in [9.17, 15) is 0 Å². The molecule has 0 N–H and O–H groups in total. The van der Waals surface area contributed by atoms with Crippen LogP contribution >= 0.6 is 11.6 Å². The number of rotatable bonds is 4. The van der Waals surface area contributed by atoms with Crippen LogP contribution in [0.2, 0.25) is 0 Å². The summed E-state index contributed by atoms with van der Waals surface area (Å²) in [5, 5.41) is 8.74. The van der Waals surface area contributed by atoms with Crippen molar-refractivity contribution >= 4 is 11.6 Å². The number of alkyl halides is 1. The molecule has 0 fully saturated rings. The van der Waals surface area contributed by atoms with Crippen LogP contribution in [0, 0.1) is 13.8 Å². The van der Waals surface area contributed by atoms with E-state index >= 15 is 0 Å². The minimum Gasteiger partial charge on any atom is -0.273 e. The highest BCUT2D eigenvalue weighted by Gasteiger charge is 2.15. The Morgan fingerprint density at radius 2 is 2.11 bits per heavy atom. The first-order chi connectivity index (χ1) is 8.50. The van der Waals surface area contributed by atoms with Crippen LogP contribution in [0.25, 0.3) is 0 Å². The SMILES string of the molecule is Cc1nn(CCc2ccnn2C)c(C)c1C(C)Cl. The van der Waals surface area contributed by atoms with Gasteiger partial charge in [0.1, 0.15) is 0 Å². The Bertz CT molecular complexity index is 539. The molecule has 0 radical (unpaired) electrons. The fourth-order valence-electron chi connectivity index (χ4n) is 2.37. The van der Waals surface area contributed by atoms with E-state index in [0.717, 1.165) is 29.9 Å². The highest BCUT2D eigenvalue weighted by atomic mass is 35.5. The van der Waals surface area contributed by atoms with Gasteiger partial charge in [-0.3, -0.25) is 9.36 Å². The molecule has 2 rings (SSSR count). The van der Waals surface area contributed by atoms with Crippen LogP contribution in [0.4, 0.5) is 0 Å². The third-order valence-electron chi connectivity index (χ3n) is 3.34. The van der Waals surface area contributed by atoms with Gasteiger partial charge < -0.3 is 0 Å². The maximum Gasteiger partial charge on any atom is 0.0643 e. The van der Waals surface area contributed by atoms with Crippen molar-refractivity contribution in [3.8, 4) is 0 Å². The van der Waals surface area contributed by atoms with Crippen molar-refractivity contribution in [3.05, 3.63) is 34.9 Å². The van der Waals surface area contributed by atoms with Gasteiger partial charge in [0.25, 0.3) is 0 Å². The van der Waals surface area contributed by atoms with E-state index in [1.807, 2.05) is 42.5 Å². The van der Waals surface area contributed by atoms with Crippen molar-refractivity contribution in [2.75, 3.05) is 0 Å². The number of halogens is 1. The van der Waals surface area contributed by atoms with E-state index in [4.69, 9.17) is 11.6 Å². The third-order valence-corrected chi connectivity index (χ3v) is 3.56. The Kier molecular flexibility index (Phi) is 3.76. The minimum atomic E-state index is 0.00968. The maximum atomic E-state index is 6.18. The van der Waals surface area contributed by atoms with Gasteiger partial charge in [0.2, 0.25) is 0 Å². The molecule has 0 spiro atoms. The van der Waals surface area contributed by atoms with Gasteiger partial charge in [-0.15, -0.1) is 11.6 Å². The van der Waals surface area contributed by atoms with Gasteiger partial charge in [-0.05, 0) is 26.8 Å². The molecule has 0 aromatic carbocycles. The molecular formula is C13H19ClN4. The van der Waals surface area contributed by atoms with Gasteiger partial charge in [-0.1, -0.05) is 0 Å². The zero-order valence-electron chi connectivity index (χ0n) is 11.3. The van der Waals surface area contributed by atoms with Gasteiger partial charge >= 0.3 is 0 Å². The molecule has 0 aliphatic heterocycles. The first-order valence-corrected chi connectivity index (χ1v) is 6.59. The summed E-state index contributed by atoms with van der Waals surface area (Å²) in [6, 6.07) is 2.04. The number of hydrogen-bond donors (Lipinski definition) is 0. The second-order valence-corrected chi connectivity index (χ2v) is 5.27. The number of hydrogen-bond acceptors (Lipinski definition) is 2. The summed E-state index contributed by atoms with van der Waals surface area (Å²) in [4.78, 5) is 0. The van der Waals surface area contributed by atoms with Crippen molar-refractivity contribution in [3.63, 3.8) is 0 Å². The lowest BCUT2D eigenvalue weighted by Crippen LogP contribution is -2.08. The molecule has 98 valence electrons. The summed E-state index contributed by atoms with van der Waals surface area (Å²) in [5.74, 6) is 0. The van der Waals surface area contributed by atoms with Crippen LogP contribution < -0.4 is 0 Å². The van der Waals surface area contributed by atoms with Gasteiger partial charge in [0.15, 0.2) is 0 Å². The summed E-state index contributed by atoms with van der Waals surface area (Å²) < 4.78 is 3.94. The molecule has 2 heterocycles. The predicted molar refractivity (Wildman–Crippen MR) is 72.9 cm³/mol. The molecule has 2 aromatic rings. The zero-order chi connectivity index (χ0) is 13.3. The van der Waals surface area contributed by atoms with Crippen LogP contribution in [0.15, 0.2) is 12.3 Å². The van der Waals surface area contributed by atoms with E-state index < -0.39 is 0 Å². The molecule has 0 aliphatic carbocycles. The van der Waals surface area contributed by atoms with Crippen LogP contribution in [0.3, 0.4) is 0 Å². The molecule has 1 atom stereocenters. The highest BCUT2D eigenvalue weighted by Crippen LogP contribution is 2.26. The zero-order valence-corrected chi connectivity index (χ0v) is 12.1. The summed E-state index contributed by atoms with van der Waals surface area (Å²) in [6.07, 6.45) is 2.75. The summed E-state index contributed by atoms with van der Waals surface area (Å²) in [7, 11) is 1.96. The molecule has 0 saturated heterocycles. The van der Waals surface area contributed by atoms with Gasteiger partial charge in [-0.2, -0.15) is 10.2 Å². The van der Waals surface area contributed by atoms with E-state index in [1.54, 1.807) is 0 Å². The number of aromatic nitrogens is 4. The fraction of sp³-hybridized carbons (Fsp3) is 0.538. The standard InChI is InChI=1S/C13H19ClN4/c1-9(14)13-10(2)16-18(11(13)3)8-6-12-5-7-15-17(12)4/h5,7,9H,6,8H2,1-4H3. The highest BCUT2D eigenvalue weighted by molar-refractivity contribution is 6.20. The molecule has 2 aromatic heterocycles. The first-order valence-electron chi connectivity index (χ1n) is 6.15. The smallest absolute Gasteiger partial charge is 0.0643 e. The largest absolute Gasteiger partial charge is 0.273 e. The van der Waals surface area contributed by atoms with E-state index in [1.165, 1.54) is 5.69 Å². The molecule has 18 heavy (non-hydrogen) atoms. The Balaban J connectivity index is 2.16. The molecule has 1 unspecified atom stereocenters. The monoisotopic (exact) mass is 266 g/mol. The Hall–Kier alpha value is -1.29. The first kappa shape index (κ1) is 13.1. The van der Waals surface area contributed by atoms with E-state index in [0.29, 0.717) is 0 Å². The van der Waals surface area contributed by atoms with Crippen molar-refractivity contribution in [2.45, 2.75) is 39.1 Å². The molecule has 0 aliphatic rings. The lowest BCUT2D eigenvalue weighted by atomic mass is 10.1. The third kappa shape index (κ3) is 2.43. The van der Waals surface area contributed by atoms with E-state index in [2.05, 4.69) is 17.1 Å². The van der Waals surface area contributed by atoms with E-state index in [-0.39, 0.29) is 5.38 Å². The fourth-order valence-corrected chi connectivity index (χ4v) is 2.69. The topological polar surface area (TPSA) is 35.6 Å². The molecule has 4 nitrogen and oxygen atoms in total. The Morgan fingerprint density at radius 1 is 1.39 bits per heavy atom. The van der Waals surface area contributed by atoms with Crippen molar-refractivity contribution in [2.24, 2.45) is 7.05 Å². The predicted octanol–water partition coefficient (Wildman–Crippen LogP) is 2.78. The molecule has 0 amide bonds. The van der Waals surface area contributed by atoms with Gasteiger partial charge in [0, 0.05) is 43.2 Å². The quantitative estimate of drug-likeness (QED) is 0.798. The number of aryl methyl sites for hydroxylation is 4. The van der Waals surface area contributed by atoms with Crippen LogP contribution in [0.5, 0.6) is 0 Å². The average Bonchev–Trinajstić information content (AvgIpc) is 2.80. The second kappa shape index (κ2) is 5.14. The summed E-state index contributed by atoms with van der Waals surface area (Å²) in [6.45, 7) is 6.94. The normalized spacial score (nSPS) is 12.9. The molecule has 0 saturated carbocycles. The van der Waals surface area contributed by atoms with Crippen LogP contribution in [-0.2, 0) is 20.0 Å². The van der Waals surface area contributed by atoms with Crippen molar-refractivity contribution in [1.82, 2.24) is 19.6 Å². The summed E-state index contributed by atoms with van der Waals surface area (Å²) in [5.41, 5.74) is 4.56. The van der Waals surface area contributed by atoms with Gasteiger partial charge in [-0.25, -0.2) is 0 Å². The van der Waals surface area contributed by atoms with Crippen molar-refractivity contribution in [1.29, 1.82) is 0 Å². The Morgan fingerprint density at radius 3 is 2.61 bits per heavy atom. The van der Waals surface area contributed by atoms with Gasteiger partial charge in [0.05, 0.1) is 11.1 Å². The maximum absolute atomic E-state index is 6.18. The van der Waals surface area contributed by atoms with Crippen LogP contribution in [0.1, 0.15) is 34.9 Å². The average molecular weight is 267 g/mol. The lowest BCUT2D eigenvalue weighted by Gasteiger charge is -2.07. The summed E-state index contributed by atoms with van der Waals surface area (Å²) >= 11 is 6.18. The number of nitrogens with zero attached hydrogens (tertiary/aromatic N) is 4. The second-order valence-electron chi connectivity index (χ2n) is 4.62. The molecule has 0 bridgehead atoms. The molecule has 5 heteroatoms. The van der Waals surface area contributed by atoms with Crippen LogP contribution in [-0.4, -0.2) is 19.6 Å². The Labute approximate surface area is 113 Å². The van der Waals surface area contributed by atoms with Crippen molar-refractivity contribution < 1.29 is 0 Å². The minimum absolute atomic E-state index is 0.00968.